The van der Waals surface area contributed by atoms with Crippen LogP contribution in [-0.4, -0.2) is 27.6 Å². The molecule has 1 saturated carbocycles. The molecule has 2 fully saturated rings. The van der Waals surface area contributed by atoms with Gasteiger partial charge in [0.25, 0.3) is 0 Å². The van der Waals surface area contributed by atoms with Crippen LogP contribution < -0.4 is 4.90 Å². The molecule has 140 valence electrons. The largest absolute Gasteiger partial charge is 0.388 e. The van der Waals surface area contributed by atoms with Crippen molar-refractivity contribution in [2.24, 2.45) is 5.92 Å². The molecule has 1 aliphatic heterocycles. The van der Waals surface area contributed by atoms with Gasteiger partial charge in [-0.25, -0.2) is 4.98 Å². The van der Waals surface area contributed by atoms with Crippen LogP contribution in [0.5, 0.6) is 0 Å². The standard InChI is InChI=1S/C22H24ClN3O/c23-17-2-1-3-18(12-17)25-9-6-16(7-10-25)22(27)21-19(15-4-5-15)8-11-26-14-24-13-20(21)26/h1-3,8,11-16,22,27H,4-7,9-10H2. The molecule has 0 amide bonds. The van der Waals surface area contributed by atoms with Crippen molar-refractivity contribution in [2.45, 2.75) is 37.7 Å². The lowest BCUT2D eigenvalue weighted by atomic mass is 9.84. The number of aromatic nitrogens is 2. The van der Waals surface area contributed by atoms with Crippen molar-refractivity contribution in [3.05, 3.63) is 65.2 Å². The third kappa shape index (κ3) is 3.21. The van der Waals surface area contributed by atoms with Crippen LogP contribution in [0.3, 0.4) is 0 Å². The van der Waals surface area contributed by atoms with Gasteiger partial charge in [0, 0.05) is 35.6 Å². The van der Waals surface area contributed by atoms with Crippen LogP contribution >= 0.6 is 11.6 Å². The average Bonchev–Trinajstić information content (AvgIpc) is 3.43. The van der Waals surface area contributed by atoms with E-state index < -0.39 is 6.10 Å². The molecule has 0 bridgehead atoms. The first-order valence-corrected chi connectivity index (χ1v) is 10.2. The second-order valence-corrected chi connectivity index (χ2v) is 8.33. The zero-order valence-corrected chi connectivity index (χ0v) is 16.0. The Hall–Kier alpha value is -2.04. The van der Waals surface area contributed by atoms with Crippen LogP contribution in [0.25, 0.3) is 5.52 Å². The van der Waals surface area contributed by atoms with E-state index in [0.29, 0.717) is 5.92 Å². The minimum atomic E-state index is -0.428. The molecule has 0 radical (unpaired) electrons. The zero-order chi connectivity index (χ0) is 18.4. The molecule has 5 heteroatoms. The number of hydrogen-bond acceptors (Lipinski definition) is 3. The van der Waals surface area contributed by atoms with Crippen molar-refractivity contribution in [2.75, 3.05) is 18.0 Å². The summed E-state index contributed by atoms with van der Waals surface area (Å²) >= 11 is 6.15. The highest BCUT2D eigenvalue weighted by Gasteiger charge is 2.33. The summed E-state index contributed by atoms with van der Waals surface area (Å²) in [5, 5.41) is 12.1. The highest BCUT2D eigenvalue weighted by atomic mass is 35.5. The molecule has 1 aliphatic carbocycles. The number of rotatable bonds is 4. The van der Waals surface area contributed by atoms with Gasteiger partial charge in [-0.1, -0.05) is 17.7 Å². The van der Waals surface area contributed by atoms with E-state index in [0.717, 1.165) is 42.0 Å². The molecule has 5 rings (SSSR count). The van der Waals surface area contributed by atoms with Gasteiger partial charge in [0.2, 0.25) is 0 Å². The van der Waals surface area contributed by atoms with Crippen molar-refractivity contribution in [3.8, 4) is 0 Å². The van der Waals surface area contributed by atoms with Crippen LogP contribution in [0.1, 0.15) is 48.8 Å². The molecule has 1 N–H and O–H groups in total. The first-order chi connectivity index (χ1) is 13.2. The summed E-state index contributed by atoms with van der Waals surface area (Å²) in [7, 11) is 0. The van der Waals surface area contributed by atoms with Crippen LogP contribution in [0.4, 0.5) is 5.69 Å². The van der Waals surface area contributed by atoms with E-state index in [1.54, 1.807) is 0 Å². The molecule has 4 nitrogen and oxygen atoms in total. The van der Waals surface area contributed by atoms with Gasteiger partial charge in [0.15, 0.2) is 0 Å². The van der Waals surface area contributed by atoms with Gasteiger partial charge in [-0.2, -0.15) is 0 Å². The second kappa shape index (κ2) is 6.84. The Morgan fingerprint density at radius 2 is 1.93 bits per heavy atom. The van der Waals surface area contributed by atoms with Crippen molar-refractivity contribution >= 4 is 22.8 Å². The SMILES string of the molecule is OC(c1c(C2CC2)ccn2cncc12)C1CCN(c2cccc(Cl)c2)CC1. The van der Waals surface area contributed by atoms with Crippen molar-refractivity contribution < 1.29 is 5.11 Å². The Morgan fingerprint density at radius 3 is 2.67 bits per heavy atom. The number of aliphatic hydroxyl groups is 1. The Labute approximate surface area is 164 Å². The Balaban J connectivity index is 1.38. The molecule has 0 spiro atoms. The van der Waals surface area contributed by atoms with E-state index in [1.807, 2.05) is 35.1 Å². The number of aliphatic hydroxyl groups excluding tert-OH is 1. The van der Waals surface area contributed by atoms with Gasteiger partial charge in [0.1, 0.15) is 0 Å². The number of benzene rings is 1. The number of hydrogen-bond donors (Lipinski definition) is 1. The molecular formula is C22H24ClN3O. The maximum atomic E-state index is 11.3. The number of fused-ring (bicyclic) bond motifs is 1. The molecular weight excluding hydrogens is 358 g/mol. The molecule has 1 atom stereocenters. The first kappa shape index (κ1) is 17.1. The molecule has 3 heterocycles. The molecule has 3 aromatic rings. The fourth-order valence-electron chi connectivity index (χ4n) is 4.48. The minimum absolute atomic E-state index is 0.277. The van der Waals surface area contributed by atoms with Crippen molar-refractivity contribution in [1.82, 2.24) is 9.38 Å². The van der Waals surface area contributed by atoms with E-state index in [2.05, 4.69) is 28.2 Å². The third-order valence-corrected chi connectivity index (χ3v) is 6.38. The average molecular weight is 382 g/mol. The van der Waals surface area contributed by atoms with Crippen LogP contribution in [0, 0.1) is 5.92 Å². The lowest BCUT2D eigenvalue weighted by molar-refractivity contribution is 0.0931. The molecule has 2 aliphatic rings. The Bertz CT molecular complexity index is 957. The van der Waals surface area contributed by atoms with Gasteiger partial charge >= 0.3 is 0 Å². The molecule has 1 saturated heterocycles. The first-order valence-electron chi connectivity index (χ1n) is 9.84. The number of nitrogens with zero attached hydrogens (tertiary/aromatic N) is 3. The number of pyridine rings is 1. The van der Waals surface area contributed by atoms with Gasteiger partial charge in [-0.05, 0) is 67.3 Å². The number of imidazole rings is 1. The van der Waals surface area contributed by atoms with Gasteiger partial charge in [-0.3, -0.25) is 0 Å². The molecule has 27 heavy (non-hydrogen) atoms. The lowest BCUT2D eigenvalue weighted by Crippen LogP contribution is -2.35. The summed E-state index contributed by atoms with van der Waals surface area (Å²) in [5.74, 6) is 0.889. The maximum absolute atomic E-state index is 11.3. The van der Waals surface area contributed by atoms with Gasteiger partial charge in [0.05, 0.1) is 24.1 Å². The fourth-order valence-corrected chi connectivity index (χ4v) is 4.67. The van der Waals surface area contributed by atoms with E-state index in [9.17, 15) is 5.11 Å². The third-order valence-electron chi connectivity index (χ3n) is 6.14. The summed E-state index contributed by atoms with van der Waals surface area (Å²) in [6.07, 6.45) is 9.79. The highest BCUT2D eigenvalue weighted by molar-refractivity contribution is 6.30. The quantitative estimate of drug-likeness (QED) is 0.704. The fraction of sp³-hybridized carbons (Fsp3) is 0.409. The summed E-state index contributed by atoms with van der Waals surface area (Å²) in [5.41, 5.74) is 4.67. The summed E-state index contributed by atoms with van der Waals surface area (Å²) < 4.78 is 2.03. The van der Waals surface area contributed by atoms with E-state index in [1.165, 1.54) is 24.1 Å². The number of halogens is 1. The minimum Gasteiger partial charge on any atom is -0.388 e. The normalized spacial score (nSPS) is 19.6. The predicted octanol–water partition coefficient (Wildman–Crippen LogP) is 4.82. The van der Waals surface area contributed by atoms with Crippen LogP contribution in [0.2, 0.25) is 5.02 Å². The summed E-state index contributed by atoms with van der Waals surface area (Å²) in [6, 6.07) is 10.2. The number of anilines is 1. The van der Waals surface area contributed by atoms with Crippen molar-refractivity contribution in [1.29, 1.82) is 0 Å². The van der Waals surface area contributed by atoms with Crippen LogP contribution in [-0.2, 0) is 0 Å². The van der Waals surface area contributed by atoms with Crippen molar-refractivity contribution in [3.63, 3.8) is 0 Å². The molecule has 2 aromatic heterocycles. The Morgan fingerprint density at radius 1 is 1.11 bits per heavy atom. The summed E-state index contributed by atoms with van der Waals surface area (Å²) in [4.78, 5) is 6.67. The highest BCUT2D eigenvalue weighted by Crippen LogP contribution is 2.46. The zero-order valence-electron chi connectivity index (χ0n) is 15.3. The number of piperidine rings is 1. The van der Waals surface area contributed by atoms with E-state index >= 15 is 0 Å². The molecule has 1 unspecified atom stereocenters. The van der Waals surface area contributed by atoms with Gasteiger partial charge < -0.3 is 14.4 Å². The van der Waals surface area contributed by atoms with Gasteiger partial charge in [-0.15, -0.1) is 0 Å². The lowest BCUT2D eigenvalue weighted by Gasteiger charge is -2.36. The van der Waals surface area contributed by atoms with E-state index in [4.69, 9.17) is 11.6 Å². The Kier molecular flexibility index (Phi) is 4.33. The predicted molar refractivity (Wildman–Crippen MR) is 109 cm³/mol. The van der Waals surface area contributed by atoms with Crippen LogP contribution in [0.15, 0.2) is 49.1 Å². The second-order valence-electron chi connectivity index (χ2n) is 7.89. The maximum Gasteiger partial charge on any atom is 0.0992 e. The summed E-state index contributed by atoms with van der Waals surface area (Å²) in [6.45, 7) is 1.90. The topological polar surface area (TPSA) is 40.8 Å². The monoisotopic (exact) mass is 381 g/mol. The smallest absolute Gasteiger partial charge is 0.0992 e. The molecule has 1 aromatic carbocycles. The van der Waals surface area contributed by atoms with E-state index in [-0.39, 0.29) is 5.92 Å².